The third kappa shape index (κ3) is 4.01. The molecule has 1 unspecified atom stereocenters. The summed E-state index contributed by atoms with van der Waals surface area (Å²) in [5.74, 6) is 0.415. The summed E-state index contributed by atoms with van der Waals surface area (Å²) in [6, 6.07) is 5.54. The van der Waals surface area contributed by atoms with Crippen molar-refractivity contribution in [1.29, 1.82) is 0 Å². The molecule has 5 aliphatic rings. The highest BCUT2D eigenvalue weighted by Gasteiger charge is 2.69. The van der Waals surface area contributed by atoms with Gasteiger partial charge >= 0.3 is 6.18 Å². The molecule has 5 nitrogen and oxygen atoms in total. The van der Waals surface area contributed by atoms with E-state index in [2.05, 4.69) is 13.8 Å². The van der Waals surface area contributed by atoms with E-state index >= 15 is 0 Å². The Bertz CT molecular complexity index is 863. The van der Waals surface area contributed by atoms with Crippen LogP contribution in [0.3, 0.4) is 0 Å². The van der Waals surface area contributed by atoms with Gasteiger partial charge in [0.25, 0.3) is 0 Å². The normalized spacial score (nSPS) is 42.6. The van der Waals surface area contributed by atoms with Gasteiger partial charge in [0, 0.05) is 18.9 Å². The van der Waals surface area contributed by atoms with Crippen LogP contribution in [0.1, 0.15) is 64.0 Å². The van der Waals surface area contributed by atoms with E-state index in [1.807, 2.05) is 6.92 Å². The zero-order valence-electron chi connectivity index (χ0n) is 19.4. The van der Waals surface area contributed by atoms with Gasteiger partial charge in [-0.1, -0.05) is 32.0 Å². The van der Waals surface area contributed by atoms with Crippen molar-refractivity contribution in [3.05, 3.63) is 35.4 Å². The smallest absolute Gasteiger partial charge is 0.377 e. The van der Waals surface area contributed by atoms with Crippen LogP contribution in [0.25, 0.3) is 0 Å². The van der Waals surface area contributed by atoms with Gasteiger partial charge in [-0.05, 0) is 62.0 Å². The summed E-state index contributed by atoms with van der Waals surface area (Å²) in [6.45, 7) is 6.57. The Morgan fingerprint density at radius 1 is 1.06 bits per heavy atom. The minimum absolute atomic E-state index is 0.0846. The van der Waals surface area contributed by atoms with Crippen LogP contribution in [0.5, 0.6) is 0 Å². The quantitative estimate of drug-likeness (QED) is 0.398. The fourth-order valence-electron chi connectivity index (χ4n) is 6.61. The molecule has 1 aromatic rings. The predicted octanol–water partition coefficient (Wildman–Crippen LogP) is 5.86. The maximum atomic E-state index is 13.2. The number of halogens is 3. The lowest BCUT2D eigenvalue weighted by Gasteiger charge is -2.60. The summed E-state index contributed by atoms with van der Waals surface area (Å²) >= 11 is 0. The molecule has 8 heteroatoms. The Kier molecular flexibility index (Phi) is 6.05. The number of benzene rings is 1. The van der Waals surface area contributed by atoms with Crippen LogP contribution in [0.15, 0.2) is 24.3 Å². The van der Waals surface area contributed by atoms with E-state index in [0.29, 0.717) is 24.9 Å². The second-order valence-electron chi connectivity index (χ2n) is 10.4. The van der Waals surface area contributed by atoms with Gasteiger partial charge in [-0.25, -0.2) is 9.78 Å². The maximum Gasteiger partial charge on any atom is 0.416 e. The van der Waals surface area contributed by atoms with E-state index in [1.54, 1.807) is 6.07 Å². The van der Waals surface area contributed by atoms with Crippen molar-refractivity contribution in [1.82, 2.24) is 0 Å². The van der Waals surface area contributed by atoms with E-state index in [4.69, 9.17) is 24.0 Å². The van der Waals surface area contributed by atoms with Gasteiger partial charge in [-0.15, -0.1) is 0 Å². The molecular formula is C25H33F3O5. The van der Waals surface area contributed by atoms with Crippen molar-refractivity contribution in [2.75, 3.05) is 6.61 Å². The summed E-state index contributed by atoms with van der Waals surface area (Å²) in [4.78, 5) is 12.0. The summed E-state index contributed by atoms with van der Waals surface area (Å²) in [5.41, 5.74) is -1.10. The fraction of sp³-hybridized carbons (Fsp3) is 0.760. The van der Waals surface area contributed by atoms with E-state index in [1.165, 1.54) is 12.1 Å². The first-order chi connectivity index (χ1) is 15.6. The first-order valence-corrected chi connectivity index (χ1v) is 12.1. The van der Waals surface area contributed by atoms with Crippen molar-refractivity contribution in [3.63, 3.8) is 0 Å². The zero-order chi connectivity index (χ0) is 23.4. The maximum absolute atomic E-state index is 13.2. The number of ether oxygens (including phenoxy) is 3. The van der Waals surface area contributed by atoms with E-state index < -0.39 is 29.4 Å². The standard InChI is InChI=1S/C25H33F3O5/c1-15-8-9-19-16(2)21(11-13-29-14-17-6-4-5-7-20(17)25(26,27)28)30-22-24(19)18(15)10-12-23(3,31-22)32-33-24/h4-7,15-16,18-19,21-22H,8-14H2,1-3H3/t15-,16-,18+,19+,21-,22-,23?,24-/m1/s1. The number of fused-ring (bicyclic) bond motifs is 2. The molecule has 8 atom stereocenters. The monoisotopic (exact) mass is 470 g/mol. The summed E-state index contributed by atoms with van der Waals surface area (Å²) in [6.07, 6.45) is -0.556. The molecule has 184 valence electrons. The van der Waals surface area contributed by atoms with Crippen LogP contribution in [0.4, 0.5) is 13.2 Å². The number of hydrogen-bond donors (Lipinski definition) is 0. The topological polar surface area (TPSA) is 46.2 Å². The number of hydrogen-bond acceptors (Lipinski definition) is 5. The molecule has 0 radical (unpaired) electrons. The minimum atomic E-state index is -4.39. The molecule has 6 rings (SSSR count). The molecular weight excluding hydrogens is 437 g/mol. The van der Waals surface area contributed by atoms with E-state index in [0.717, 1.165) is 31.7 Å². The molecule has 0 amide bonds. The lowest BCUT2D eigenvalue weighted by atomic mass is 9.57. The molecule has 0 aromatic heterocycles. The van der Waals surface area contributed by atoms with E-state index in [9.17, 15) is 13.2 Å². The van der Waals surface area contributed by atoms with Crippen molar-refractivity contribution in [2.24, 2.45) is 23.7 Å². The molecule has 4 saturated heterocycles. The average Bonchev–Trinajstić information content (AvgIpc) is 3.00. The van der Waals surface area contributed by atoms with Crippen LogP contribution < -0.4 is 0 Å². The Morgan fingerprint density at radius 3 is 2.64 bits per heavy atom. The van der Waals surface area contributed by atoms with Gasteiger partial charge in [0.05, 0.1) is 18.3 Å². The molecule has 4 aliphatic heterocycles. The van der Waals surface area contributed by atoms with Crippen LogP contribution in [0.2, 0.25) is 0 Å². The highest BCUT2D eigenvalue weighted by molar-refractivity contribution is 5.29. The average molecular weight is 471 g/mol. The third-order valence-electron chi connectivity index (χ3n) is 8.42. The van der Waals surface area contributed by atoms with E-state index in [-0.39, 0.29) is 30.1 Å². The molecule has 1 aliphatic carbocycles. The molecule has 1 saturated carbocycles. The van der Waals surface area contributed by atoms with Crippen LogP contribution in [0, 0.1) is 23.7 Å². The predicted molar refractivity (Wildman–Crippen MR) is 113 cm³/mol. The van der Waals surface area contributed by atoms with Gasteiger partial charge in [0.1, 0.15) is 0 Å². The Balaban J connectivity index is 1.27. The SMILES string of the molecule is C[C@H]1[C@@H](CCOCc2ccccc2C(F)(F)F)O[C@@H]2OC3(C)CC[C@H]4[C@H](C)CC[C@@H]1[C@@]24OO3. The lowest BCUT2D eigenvalue weighted by Crippen LogP contribution is -2.70. The second-order valence-corrected chi connectivity index (χ2v) is 10.4. The summed E-state index contributed by atoms with van der Waals surface area (Å²) in [5, 5.41) is 0. The van der Waals surface area contributed by atoms with Crippen LogP contribution in [-0.4, -0.2) is 30.4 Å². The molecule has 33 heavy (non-hydrogen) atoms. The lowest BCUT2D eigenvalue weighted by molar-refractivity contribution is -0.571. The van der Waals surface area contributed by atoms with Crippen molar-refractivity contribution < 1.29 is 37.2 Å². The van der Waals surface area contributed by atoms with Gasteiger partial charge in [-0.3, -0.25) is 0 Å². The number of alkyl halides is 3. The van der Waals surface area contributed by atoms with Gasteiger partial charge < -0.3 is 14.2 Å². The molecule has 2 bridgehead atoms. The van der Waals surface area contributed by atoms with Gasteiger partial charge in [0.2, 0.25) is 5.79 Å². The highest BCUT2D eigenvalue weighted by atomic mass is 19.4. The molecule has 1 spiro atoms. The molecule has 5 fully saturated rings. The summed E-state index contributed by atoms with van der Waals surface area (Å²) < 4.78 is 58.2. The molecule has 0 N–H and O–H groups in total. The van der Waals surface area contributed by atoms with Crippen LogP contribution in [-0.2, 0) is 36.8 Å². The number of rotatable bonds is 5. The van der Waals surface area contributed by atoms with Crippen molar-refractivity contribution in [3.8, 4) is 0 Å². The first kappa shape index (κ1) is 23.5. The third-order valence-corrected chi connectivity index (χ3v) is 8.42. The Labute approximate surface area is 192 Å². The molecule has 4 heterocycles. The summed E-state index contributed by atoms with van der Waals surface area (Å²) in [7, 11) is 0. The zero-order valence-corrected chi connectivity index (χ0v) is 19.4. The second kappa shape index (κ2) is 8.48. The van der Waals surface area contributed by atoms with Crippen LogP contribution >= 0.6 is 0 Å². The van der Waals surface area contributed by atoms with Crippen molar-refractivity contribution >= 4 is 0 Å². The highest BCUT2D eigenvalue weighted by Crippen LogP contribution is 2.60. The largest absolute Gasteiger partial charge is 0.416 e. The molecule has 1 aromatic carbocycles. The van der Waals surface area contributed by atoms with Gasteiger partial charge in [0.15, 0.2) is 11.9 Å². The Hall–Kier alpha value is -1.19. The van der Waals surface area contributed by atoms with Gasteiger partial charge in [-0.2, -0.15) is 13.2 Å². The fourth-order valence-corrected chi connectivity index (χ4v) is 6.61. The first-order valence-electron chi connectivity index (χ1n) is 12.1. The minimum Gasteiger partial charge on any atom is -0.377 e. The Morgan fingerprint density at radius 2 is 1.85 bits per heavy atom. The van der Waals surface area contributed by atoms with Crippen molar-refractivity contribution in [2.45, 2.75) is 89.4 Å².